The van der Waals surface area contributed by atoms with Crippen LogP contribution in [0, 0.1) is 27.7 Å². The summed E-state index contributed by atoms with van der Waals surface area (Å²) in [6.45, 7) is 9.68. The average molecular weight is 334 g/mol. The second-order valence-electron chi connectivity index (χ2n) is 7.34. The molecule has 2 N–H and O–H groups in total. The van der Waals surface area contributed by atoms with E-state index in [0.717, 1.165) is 18.7 Å². The maximum atomic E-state index is 5.49. The molecular formula is C22H26N2O. The Morgan fingerprint density at radius 2 is 1.76 bits per heavy atom. The predicted octanol–water partition coefficient (Wildman–Crippen LogP) is 4.65. The van der Waals surface area contributed by atoms with E-state index in [1.54, 1.807) is 7.11 Å². The molecule has 0 fully saturated rings. The third-order valence-corrected chi connectivity index (χ3v) is 5.48. The van der Waals surface area contributed by atoms with Gasteiger partial charge in [-0.3, -0.25) is 0 Å². The van der Waals surface area contributed by atoms with Crippen molar-refractivity contribution in [1.82, 2.24) is 10.3 Å². The van der Waals surface area contributed by atoms with Gasteiger partial charge in [0.15, 0.2) is 0 Å². The number of aryl methyl sites for hydroxylation is 4. The van der Waals surface area contributed by atoms with E-state index < -0.39 is 0 Å². The highest BCUT2D eigenvalue weighted by molar-refractivity contribution is 5.89. The molecule has 0 spiro atoms. The minimum Gasteiger partial charge on any atom is -0.496 e. The Labute approximate surface area is 149 Å². The quantitative estimate of drug-likeness (QED) is 0.716. The number of hydrogen-bond donors (Lipinski definition) is 2. The molecule has 2 heterocycles. The summed E-state index contributed by atoms with van der Waals surface area (Å²) in [4.78, 5) is 3.73. The third-order valence-electron chi connectivity index (χ3n) is 5.48. The van der Waals surface area contributed by atoms with Gasteiger partial charge in [0.1, 0.15) is 5.75 Å². The van der Waals surface area contributed by atoms with E-state index >= 15 is 0 Å². The molecule has 1 aromatic heterocycles. The maximum absolute atomic E-state index is 5.49. The van der Waals surface area contributed by atoms with E-state index in [1.165, 1.54) is 50.0 Å². The van der Waals surface area contributed by atoms with Crippen molar-refractivity contribution in [3.63, 3.8) is 0 Å². The van der Waals surface area contributed by atoms with Gasteiger partial charge in [0.2, 0.25) is 0 Å². The number of H-pyrrole nitrogens is 1. The fourth-order valence-electron chi connectivity index (χ4n) is 4.38. The van der Waals surface area contributed by atoms with Gasteiger partial charge in [-0.05, 0) is 79.6 Å². The lowest BCUT2D eigenvalue weighted by Gasteiger charge is -2.27. The number of methoxy groups -OCH3 is 1. The first-order chi connectivity index (χ1) is 12.0. The molecule has 1 atom stereocenters. The molecule has 1 aliphatic rings. The summed E-state index contributed by atoms with van der Waals surface area (Å²) in [7, 11) is 1.74. The lowest BCUT2D eigenvalue weighted by Crippen LogP contribution is -2.31. The zero-order valence-corrected chi connectivity index (χ0v) is 15.7. The molecular weight excluding hydrogens is 308 g/mol. The number of rotatable bonds is 2. The SMILES string of the molecule is COc1cc(C)c(C2NCCc3c2[nH]c2cc(C)cc(C)c32)cc1C. The molecule has 0 aliphatic carbocycles. The molecule has 0 amide bonds. The Kier molecular flexibility index (Phi) is 3.84. The van der Waals surface area contributed by atoms with Crippen LogP contribution in [0.2, 0.25) is 0 Å². The van der Waals surface area contributed by atoms with Crippen LogP contribution in [0.5, 0.6) is 5.75 Å². The Hall–Kier alpha value is -2.26. The zero-order chi connectivity index (χ0) is 17.7. The van der Waals surface area contributed by atoms with Crippen molar-refractivity contribution in [1.29, 1.82) is 0 Å². The molecule has 2 aromatic carbocycles. The molecule has 3 nitrogen and oxygen atoms in total. The molecule has 0 saturated heterocycles. The highest BCUT2D eigenvalue weighted by Gasteiger charge is 2.27. The van der Waals surface area contributed by atoms with E-state index in [-0.39, 0.29) is 6.04 Å². The van der Waals surface area contributed by atoms with Gasteiger partial charge in [-0.15, -0.1) is 0 Å². The monoisotopic (exact) mass is 334 g/mol. The van der Waals surface area contributed by atoms with Crippen molar-refractivity contribution in [3.05, 3.63) is 63.3 Å². The third kappa shape index (κ3) is 2.54. The van der Waals surface area contributed by atoms with Gasteiger partial charge in [0, 0.05) is 23.1 Å². The van der Waals surface area contributed by atoms with E-state index in [0.29, 0.717) is 0 Å². The number of aromatic nitrogens is 1. The van der Waals surface area contributed by atoms with Gasteiger partial charge in [0.25, 0.3) is 0 Å². The second-order valence-corrected chi connectivity index (χ2v) is 7.34. The Balaban J connectivity index is 1.91. The van der Waals surface area contributed by atoms with Crippen molar-refractivity contribution < 1.29 is 4.74 Å². The summed E-state index contributed by atoms with van der Waals surface area (Å²) in [5.74, 6) is 0.959. The van der Waals surface area contributed by atoms with E-state index in [4.69, 9.17) is 4.74 Å². The van der Waals surface area contributed by atoms with Crippen LogP contribution in [0.15, 0.2) is 24.3 Å². The molecule has 0 saturated carbocycles. The van der Waals surface area contributed by atoms with Crippen LogP contribution >= 0.6 is 0 Å². The van der Waals surface area contributed by atoms with Crippen LogP contribution in [0.1, 0.15) is 45.1 Å². The Morgan fingerprint density at radius 1 is 0.960 bits per heavy atom. The molecule has 1 unspecified atom stereocenters. The molecule has 25 heavy (non-hydrogen) atoms. The van der Waals surface area contributed by atoms with Gasteiger partial charge in [-0.1, -0.05) is 12.1 Å². The minimum absolute atomic E-state index is 0.209. The van der Waals surface area contributed by atoms with Gasteiger partial charge in [-0.25, -0.2) is 0 Å². The first-order valence-electron chi connectivity index (χ1n) is 8.99. The second kappa shape index (κ2) is 5.92. The van der Waals surface area contributed by atoms with Crippen LogP contribution in [0.4, 0.5) is 0 Å². The van der Waals surface area contributed by atoms with Crippen LogP contribution in [0.3, 0.4) is 0 Å². The largest absolute Gasteiger partial charge is 0.496 e. The predicted molar refractivity (Wildman–Crippen MR) is 104 cm³/mol. The first-order valence-corrected chi connectivity index (χ1v) is 8.99. The number of fused-ring (bicyclic) bond motifs is 3. The van der Waals surface area contributed by atoms with Crippen molar-refractivity contribution in [3.8, 4) is 5.75 Å². The lowest BCUT2D eigenvalue weighted by molar-refractivity contribution is 0.411. The fourth-order valence-corrected chi connectivity index (χ4v) is 4.38. The zero-order valence-electron chi connectivity index (χ0n) is 15.7. The van der Waals surface area contributed by atoms with E-state index in [2.05, 4.69) is 62.3 Å². The van der Waals surface area contributed by atoms with Crippen LogP contribution in [-0.4, -0.2) is 18.6 Å². The van der Waals surface area contributed by atoms with Gasteiger partial charge in [0.05, 0.1) is 13.2 Å². The Bertz CT molecular complexity index is 968. The van der Waals surface area contributed by atoms with Crippen LogP contribution in [-0.2, 0) is 6.42 Å². The van der Waals surface area contributed by atoms with E-state index in [1.807, 2.05) is 0 Å². The number of benzene rings is 2. The standard InChI is InChI=1S/C22H26N2O/c1-12-8-15(4)20-16-6-7-23-21(22(16)24-18(20)9-12)17-10-14(3)19(25-5)11-13(17)2/h8-11,21,23-24H,6-7H2,1-5H3. The van der Waals surface area contributed by atoms with Crippen LogP contribution < -0.4 is 10.1 Å². The Morgan fingerprint density at radius 3 is 2.52 bits per heavy atom. The molecule has 3 aromatic rings. The van der Waals surface area contributed by atoms with Gasteiger partial charge < -0.3 is 15.0 Å². The fraction of sp³-hybridized carbons (Fsp3) is 0.364. The highest BCUT2D eigenvalue weighted by atomic mass is 16.5. The normalized spacial score (nSPS) is 16.9. The first kappa shape index (κ1) is 16.2. The minimum atomic E-state index is 0.209. The van der Waals surface area contributed by atoms with E-state index in [9.17, 15) is 0 Å². The number of ether oxygens (including phenoxy) is 1. The number of hydrogen-bond acceptors (Lipinski definition) is 2. The molecule has 1 aliphatic heterocycles. The van der Waals surface area contributed by atoms with Crippen molar-refractivity contribution >= 4 is 10.9 Å². The maximum Gasteiger partial charge on any atom is 0.122 e. The molecule has 3 heteroatoms. The van der Waals surface area contributed by atoms with Gasteiger partial charge >= 0.3 is 0 Å². The summed E-state index contributed by atoms with van der Waals surface area (Å²) in [6, 6.07) is 9.18. The molecule has 4 rings (SSSR count). The van der Waals surface area contributed by atoms with Crippen LogP contribution in [0.25, 0.3) is 10.9 Å². The van der Waals surface area contributed by atoms with Crippen molar-refractivity contribution in [2.45, 2.75) is 40.2 Å². The topological polar surface area (TPSA) is 37.0 Å². The molecule has 0 radical (unpaired) electrons. The average Bonchev–Trinajstić information content (AvgIpc) is 2.94. The van der Waals surface area contributed by atoms with Crippen molar-refractivity contribution in [2.75, 3.05) is 13.7 Å². The lowest BCUT2D eigenvalue weighted by atomic mass is 9.90. The van der Waals surface area contributed by atoms with Crippen molar-refractivity contribution in [2.24, 2.45) is 0 Å². The smallest absolute Gasteiger partial charge is 0.122 e. The number of aromatic amines is 1. The highest BCUT2D eigenvalue weighted by Crippen LogP contribution is 2.37. The molecule has 130 valence electrons. The number of nitrogens with one attached hydrogen (secondary N) is 2. The van der Waals surface area contributed by atoms with Gasteiger partial charge in [-0.2, -0.15) is 0 Å². The summed E-state index contributed by atoms with van der Waals surface area (Å²) < 4.78 is 5.49. The summed E-state index contributed by atoms with van der Waals surface area (Å²) in [6.07, 6.45) is 1.07. The summed E-state index contributed by atoms with van der Waals surface area (Å²) >= 11 is 0. The molecule has 0 bridgehead atoms. The summed E-state index contributed by atoms with van der Waals surface area (Å²) in [5.41, 5.74) is 10.5. The summed E-state index contributed by atoms with van der Waals surface area (Å²) in [5, 5.41) is 5.13.